The molecule has 2 aromatic carbocycles. The van der Waals surface area contributed by atoms with Crippen LogP contribution in [0.5, 0.6) is 0 Å². The van der Waals surface area contributed by atoms with E-state index in [9.17, 15) is 9.59 Å². The normalized spacial score (nSPS) is 10.7. The fraction of sp³-hybridized carbons (Fsp3) is 0.250. The minimum Gasteiger partial charge on any atom is -0.455 e. The van der Waals surface area contributed by atoms with E-state index in [1.807, 2.05) is 42.5 Å². The van der Waals surface area contributed by atoms with Gasteiger partial charge in [-0.1, -0.05) is 49.0 Å². The second-order valence-electron chi connectivity index (χ2n) is 5.90. The highest BCUT2D eigenvalue weighted by atomic mass is 32.2. The molecule has 27 heavy (non-hydrogen) atoms. The molecule has 0 saturated heterocycles. The van der Waals surface area contributed by atoms with Crippen molar-refractivity contribution in [1.82, 2.24) is 9.55 Å². The molecule has 0 saturated carbocycles. The quantitative estimate of drug-likeness (QED) is 0.474. The van der Waals surface area contributed by atoms with Crippen LogP contribution in [0.15, 0.2) is 59.8 Å². The summed E-state index contributed by atoms with van der Waals surface area (Å²) in [4.78, 5) is 28.4. The highest BCUT2D eigenvalue weighted by Crippen LogP contribution is 2.24. The lowest BCUT2D eigenvalue weighted by atomic mass is 10.3. The van der Waals surface area contributed by atoms with Crippen LogP contribution in [-0.4, -0.2) is 33.8 Å². The number of aromatic nitrogens is 2. The molecule has 3 rings (SSSR count). The van der Waals surface area contributed by atoms with Gasteiger partial charge < -0.3 is 14.6 Å². The van der Waals surface area contributed by atoms with Gasteiger partial charge >= 0.3 is 5.97 Å². The molecule has 6 nitrogen and oxygen atoms in total. The van der Waals surface area contributed by atoms with Gasteiger partial charge in [0, 0.05) is 12.2 Å². The van der Waals surface area contributed by atoms with Gasteiger partial charge in [-0.15, -0.1) is 0 Å². The monoisotopic (exact) mass is 383 g/mol. The van der Waals surface area contributed by atoms with Crippen molar-refractivity contribution in [1.29, 1.82) is 0 Å². The van der Waals surface area contributed by atoms with Crippen molar-refractivity contribution in [3.8, 4) is 0 Å². The van der Waals surface area contributed by atoms with E-state index in [2.05, 4.69) is 21.8 Å². The van der Waals surface area contributed by atoms with Gasteiger partial charge in [0.15, 0.2) is 11.8 Å². The zero-order valence-corrected chi connectivity index (χ0v) is 15.9. The van der Waals surface area contributed by atoms with E-state index in [-0.39, 0.29) is 18.3 Å². The standard InChI is InChI=1S/C20H21N3O3S/c1-2-12-23-17-11-7-6-10-16(17)22-20(23)27-14-19(25)26-13-18(24)21-15-8-4-3-5-9-15/h3-11H,2,12-14H2,1H3,(H,21,24). The van der Waals surface area contributed by atoms with E-state index in [1.165, 1.54) is 11.8 Å². The van der Waals surface area contributed by atoms with Gasteiger partial charge in [0.05, 0.1) is 16.8 Å². The van der Waals surface area contributed by atoms with E-state index in [0.29, 0.717) is 5.69 Å². The predicted molar refractivity (Wildman–Crippen MR) is 107 cm³/mol. The largest absolute Gasteiger partial charge is 0.455 e. The number of nitrogens with one attached hydrogen (secondary N) is 1. The molecule has 0 aliphatic rings. The number of imidazole rings is 1. The molecule has 140 valence electrons. The molecule has 0 spiro atoms. The number of hydrogen-bond acceptors (Lipinski definition) is 5. The molecule has 0 unspecified atom stereocenters. The van der Waals surface area contributed by atoms with Crippen molar-refractivity contribution in [2.24, 2.45) is 0 Å². The third-order valence-corrected chi connectivity index (χ3v) is 4.76. The van der Waals surface area contributed by atoms with Crippen LogP contribution in [-0.2, 0) is 20.9 Å². The Morgan fingerprint density at radius 1 is 1.11 bits per heavy atom. The Labute approximate surface area is 161 Å². The Morgan fingerprint density at radius 2 is 1.85 bits per heavy atom. The van der Waals surface area contributed by atoms with Crippen LogP contribution in [0.25, 0.3) is 11.0 Å². The molecular weight excluding hydrogens is 362 g/mol. The lowest BCUT2D eigenvalue weighted by molar-refractivity contribution is -0.144. The average molecular weight is 383 g/mol. The minimum atomic E-state index is -0.446. The number of ether oxygens (including phenoxy) is 1. The number of carbonyl (C=O) groups excluding carboxylic acids is 2. The maximum atomic E-state index is 12.0. The third-order valence-electron chi connectivity index (χ3n) is 3.81. The van der Waals surface area contributed by atoms with Gasteiger partial charge in [-0.3, -0.25) is 9.59 Å². The number of aryl methyl sites for hydroxylation is 1. The fourth-order valence-electron chi connectivity index (χ4n) is 2.63. The first-order valence-corrected chi connectivity index (χ1v) is 9.74. The summed E-state index contributed by atoms with van der Waals surface area (Å²) in [6.45, 7) is 2.62. The number of thioether (sulfide) groups is 1. The maximum Gasteiger partial charge on any atom is 0.316 e. The van der Waals surface area contributed by atoms with Crippen molar-refractivity contribution < 1.29 is 14.3 Å². The van der Waals surface area contributed by atoms with E-state index in [1.54, 1.807) is 12.1 Å². The van der Waals surface area contributed by atoms with Crippen LogP contribution in [0.1, 0.15) is 13.3 Å². The second kappa shape index (κ2) is 9.23. The SMILES string of the molecule is CCCn1c(SCC(=O)OCC(=O)Nc2ccccc2)nc2ccccc21. The number of esters is 1. The fourth-order valence-corrected chi connectivity index (χ4v) is 3.47. The first-order chi connectivity index (χ1) is 13.2. The Hall–Kier alpha value is -2.80. The number of amides is 1. The van der Waals surface area contributed by atoms with Gasteiger partial charge in [-0.2, -0.15) is 0 Å². The minimum absolute atomic E-state index is 0.103. The Balaban J connectivity index is 1.52. The highest BCUT2D eigenvalue weighted by molar-refractivity contribution is 7.99. The third kappa shape index (κ3) is 5.10. The first kappa shape index (κ1) is 19.0. The molecule has 1 aromatic heterocycles. The number of benzene rings is 2. The first-order valence-electron chi connectivity index (χ1n) is 8.76. The average Bonchev–Trinajstić information content (AvgIpc) is 3.03. The van der Waals surface area contributed by atoms with Crippen LogP contribution < -0.4 is 5.32 Å². The molecule has 0 bridgehead atoms. The topological polar surface area (TPSA) is 73.2 Å². The number of para-hydroxylation sites is 3. The van der Waals surface area contributed by atoms with Crippen LogP contribution in [0.4, 0.5) is 5.69 Å². The molecule has 0 fully saturated rings. The van der Waals surface area contributed by atoms with Gasteiger partial charge in [-0.25, -0.2) is 4.98 Å². The predicted octanol–water partition coefficient (Wildman–Crippen LogP) is 3.72. The number of hydrogen-bond donors (Lipinski definition) is 1. The Morgan fingerprint density at radius 3 is 2.63 bits per heavy atom. The van der Waals surface area contributed by atoms with Crippen LogP contribution in [0, 0.1) is 0 Å². The van der Waals surface area contributed by atoms with Gasteiger partial charge in [0.1, 0.15) is 0 Å². The molecule has 1 heterocycles. The number of fused-ring (bicyclic) bond motifs is 1. The summed E-state index contributed by atoms with van der Waals surface area (Å²) in [5.74, 6) is -0.706. The van der Waals surface area contributed by atoms with E-state index in [4.69, 9.17) is 4.74 Å². The van der Waals surface area contributed by atoms with Gasteiger partial charge in [0.2, 0.25) is 0 Å². The molecule has 3 aromatic rings. The molecular formula is C20H21N3O3S. The smallest absolute Gasteiger partial charge is 0.316 e. The maximum absolute atomic E-state index is 12.0. The van der Waals surface area contributed by atoms with Gasteiger partial charge in [-0.05, 0) is 30.7 Å². The van der Waals surface area contributed by atoms with E-state index in [0.717, 1.165) is 29.2 Å². The summed E-state index contributed by atoms with van der Waals surface area (Å²) >= 11 is 1.32. The highest BCUT2D eigenvalue weighted by Gasteiger charge is 2.14. The summed E-state index contributed by atoms with van der Waals surface area (Å²) in [6, 6.07) is 16.9. The molecule has 0 atom stereocenters. The lowest BCUT2D eigenvalue weighted by Gasteiger charge is -2.08. The van der Waals surface area contributed by atoms with Crippen molar-refractivity contribution in [3.63, 3.8) is 0 Å². The van der Waals surface area contributed by atoms with E-state index >= 15 is 0 Å². The van der Waals surface area contributed by atoms with Crippen molar-refractivity contribution in [2.75, 3.05) is 17.7 Å². The number of rotatable bonds is 8. The Bertz CT molecular complexity index is 925. The molecule has 1 N–H and O–H groups in total. The molecule has 0 aliphatic heterocycles. The number of anilines is 1. The summed E-state index contributed by atoms with van der Waals surface area (Å²) in [6.07, 6.45) is 0.970. The van der Waals surface area contributed by atoms with E-state index < -0.39 is 5.97 Å². The number of carbonyl (C=O) groups is 2. The van der Waals surface area contributed by atoms with Crippen molar-refractivity contribution in [2.45, 2.75) is 25.0 Å². The Kier molecular flexibility index (Phi) is 6.49. The van der Waals surface area contributed by atoms with Crippen molar-refractivity contribution in [3.05, 3.63) is 54.6 Å². The molecule has 7 heteroatoms. The molecule has 1 amide bonds. The van der Waals surface area contributed by atoms with Crippen LogP contribution in [0.2, 0.25) is 0 Å². The molecule has 0 aliphatic carbocycles. The van der Waals surface area contributed by atoms with Crippen LogP contribution >= 0.6 is 11.8 Å². The van der Waals surface area contributed by atoms with Gasteiger partial charge in [0.25, 0.3) is 5.91 Å². The zero-order valence-electron chi connectivity index (χ0n) is 15.1. The lowest BCUT2D eigenvalue weighted by Crippen LogP contribution is -2.21. The second-order valence-corrected chi connectivity index (χ2v) is 6.84. The van der Waals surface area contributed by atoms with Crippen molar-refractivity contribution >= 4 is 40.4 Å². The molecule has 0 radical (unpaired) electrons. The summed E-state index contributed by atoms with van der Waals surface area (Å²) in [5.41, 5.74) is 2.63. The van der Waals surface area contributed by atoms with Crippen LogP contribution in [0.3, 0.4) is 0 Å². The number of nitrogens with zero attached hydrogens (tertiary/aromatic N) is 2. The summed E-state index contributed by atoms with van der Waals surface area (Å²) in [7, 11) is 0. The summed E-state index contributed by atoms with van der Waals surface area (Å²) < 4.78 is 7.17. The summed E-state index contributed by atoms with van der Waals surface area (Å²) in [5, 5.41) is 3.46. The zero-order chi connectivity index (χ0) is 19.1.